The molecule has 20 heavy (non-hydrogen) atoms. The van der Waals surface area contributed by atoms with Crippen LogP contribution in [-0.4, -0.2) is 13.4 Å². The highest BCUT2D eigenvalue weighted by Crippen LogP contribution is 2.25. The van der Waals surface area contributed by atoms with E-state index in [0.717, 1.165) is 11.3 Å². The summed E-state index contributed by atoms with van der Waals surface area (Å²) >= 11 is 1.28. The van der Waals surface area contributed by atoms with Gasteiger partial charge < -0.3 is 5.73 Å². The van der Waals surface area contributed by atoms with E-state index >= 15 is 0 Å². The predicted molar refractivity (Wildman–Crippen MR) is 82.6 cm³/mol. The van der Waals surface area contributed by atoms with Crippen molar-refractivity contribution in [2.45, 2.75) is 31.6 Å². The number of nitrogens with one attached hydrogen (secondary N) is 1. The van der Waals surface area contributed by atoms with Crippen LogP contribution in [0.15, 0.2) is 28.5 Å². The largest absolute Gasteiger partial charge is 0.399 e. The number of anilines is 2. The third kappa shape index (κ3) is 3.29. The van der Waals surface area contributed by atoms with Gasteiger partial charge in [-0.3, -0.25) is 4.72 Å². The number of benzene rings is 1. The summed E-state index contributed by atoms with van der Waals surface area (Å²) in [6, 6.07) is 4.74. The zero-order valence-electron chi connectivity index (χ0n) is 11.5. The maximum atomic E-state index is 12.3. The Morgan fingerprint density at radius 3 is 2.55 bits per heavy atom. The number of hydrogen-bond donors (Lipinski definition) is 2. The molecule has 7 heteroatoms. The van der Waals surface area contributed by atoms with Crippen LogP contribution in [0.1, 0.15) is 31.0 Å². The number of nitrogens with two attached hydrogens (primary N) is 1. The average molecular weight is 311 g/mol. The second kappa shape index (κ2) is 5.41. The minimum Gasteiger partial charge on any atom is -0.399 e. The van der Waals surface area contributed by atoms with Gasteiger partial charge in [0.2, 0.25) is 0 Å². The van der Waals surface area contributed by atoms with Crippen LogP contribution in [0.5, 0.6) is 0 Å². The molecular weight excluding hydrogens is 294 g/mol. The molecule has 0 aliphatic heterocycles. The van der Waals surface area contributed by atoms with Crippen molar-refractivity contribution in [3.05, 3.63) is 34.8 Å². The van der Waals surface area contributed by atoms with E-state index in [1.807, 2.05) is 19.2 Å². The smallest absolute Gasteiger partial charge is 0.263 e. The predicted octanol–water partition coefficient (Wildman–Crippen LogP) is 2.96. The summed E-state index contributed by atoms with van der Waals surface area (Å²) < 4.78 is 27.1. The molecule has 0 bridgehead atoms. The molecule has 1 aromatic heterocycles. The number of aryl methyl sites for hydroxylation is 1. The zero-order valence-corrected chi connectivity index (χ0v) is 13.2. The second-order valence-electron chi connectivity index (χ2n) is 4.92. The van der Waals surface area contributed by atoms with Gasteiger partial charge in [-0.2, -0.15) is 0 Å². The van der Waals surface area contributed by atoms with Crippen molar-refractivity contribution in [3.8, 4) is 0 Å². The van der Waals surface area contributed by atoms with E-state index in [0.29, 0.717) is 10.8 Å². The molecule has 0 radical (unpaired) electrons. The summed E-state index contributed by atoms with van der Waals surface area (Å²) in [5.74, 6) is 0.263. The van der Waals surface area contributed by atoms with Gasteiger partial charge in [-0.05, 0) is 36.6 Å². The van der Waals surface area contributed by atoms with Gasteiger partial charge in [0.25, 0.3) is 10.0 Å². The van der Waals surface area contributed by atoms with E-state index in [4.69, 9.17) is 5.73 Å². The minimum absolute atomic E-state index is 0.149. The van der Waals surface area contributed by atoms with Gasteiger partial charge in [0.15, 0.2) is 5.13 Å². The molecule has 2 aromatic rings. The van der Waals surface area contributed by atoms with Gasteiger partial charge in [0, 0.05) is 11.1 Å². The van der Waals surface area contributed by atoms with Crippen LogP contribution in [0.3, 0.4) is 0 Å². The summed E-state index contributed by atoms with van der Waals surface area (Å²) in [5.41, 5.74) is 7.78. The first-order valence-corrected chi connectivity index (χ1v) is 8.49. The molecule has 1 heterocycles. The Morgan fingerprint density at radius 2 is 2.00 bits per heavy atom. The van der Waals surface area contributed by atoms with Gasteiger partial charge in [-0.1, -0.05) is 13.8 Å². The minimum atomic E-state index is -3.65. The SMILES string of the molecule is Cc1cc(N)cc(S(=O)(=O)Nc2nc(C(C)C)cs2)c1. The van der Waals surface area contributed by atoms with Gasteiger partial charge in [-0.25, -0.2) is 13.4 Å². The summed E-state index contributed by atoms with van der Waals surface area (Å²) in [6.45, 7) is 5.82. The zero-order chi connectivity index (χ0) is 14.9. The molecule has 108 valence electrons. The van der Waals surface area contributed by atoms with Crippen molar-refractivity contribution in [2.75, 3.05) is 10.5 Å². The molecule has 0 spiro atoms. The van der Waals surface area contributed by atoms with Crippen molar-refractivity contribution < 1.29 is 8.42 Å². The van der Waals surface area contributed by atoms with E-state index in [1.54, 1.807) is 19.1 Å². The van der Waals surface area contributed by atoms with Crippen molar-refractivity contribution in [3.63, 3.8) is 0 Å². The number of thiazole rings is 1. The molecule has 0 amide bonds. The molecule has 5 nitrogen and oxygen atoms in total. The van der Waals surface area contributed by atoms with Gasteiger partial charge >= 0.3 is 0 Å². The Kier molecular flexibility index (Phi) is 4.01. The first-order chi connectivity index (χ1) is 9.28. The van der Waals surface area contributed by atoms with Crippen molar-refractivity contribution >= 4 is 32.2 Å². The molecule has 0 aliphatic carbocycles. The molecule has 2 rings (SSSR count). The van der Waals surface area contributed by atoms with Crippen LogP contribution in [0.25, 0.3) is 0 Å². The second-order valence-corrected chi connectivity index (χ2v) is 7.46. The molecule has 0 atom stereocenters. The fourth-order valence-electron chi connectivity index (χ4n) is 1.70. The lowest BCUT2D eigenvalue weighted by atomic mass is 10.2. The first kappa shape index (κ1) is 14.8. The number of sulfonamides is 1. The Labute approximate surface area is 122 Å². The highest BCUT2D eigenvalue weighted by Gasteiger charge is 2.17. The van der Waals surface area contributed by atoms with Crippen LogP contribution < -0.4 is 10.5 Å². The van der Waals surface area contributed by atoms with Crippen LogP contribution in [0.4, 0.5) is 10.8 Å². The lowest BCUT2D eigenvalue weighted by Crippen LogP contribution is -2.13. The van der Waals surface area contributed by atoms with Gasteiger partial charge in [0.05, 0.1) is 10.6 Å². The lowest BCUT2D eigenvalue weighted by molar-refractivity contribution is 0.601. The van der Waals surface area contributed by atoms with E-state index in [1.165, 1.54) is 17.4 Å². The standard InChI is InChI=1S/C13H17N3O2S2/c1-8(2)12-7-19-13(15-12)16-20(17,18)11-5-9(3)4-10(14)6-11/h4-8H,14H2,1-3H3,(H,15,16). The van der Waals surface area contributed by atoms with Crippen molar-refractivity contribution in [2.24, 2.45) is 0 Å². The van der Waals surface area contributed by atoms with Gasteiger partial charge in [-0.15, -0.1) is 11.3 Å². The molecular formula is C13H17N3O2S2. The Hall–Kier alpha value is -1.60. The third-order valence-electron chi connectivity index (χ3n) is 2.72. The summed E-state index contributed by atoms with van der Waals surface area (Å²) in [4.78, 5) is 4.41. The van der Waals surface area contributed by atoms with E-state index in [9.17, 15) is 8.42 Å². The Bertz CT molecular complexity index is 701. The number of nitrogen functional groups attached to an aromatic ring is 1. The molecule has 0 saturated carbocycles. The Morgan fingerprint density at radius 1 is 1.30 bits per heavy atom. The summed E-state index contributed by atoms with van der Waals surface area (Å²) in [7, 11) is -3.65. The lowest BCUT2D eigenvalue weighted by Gasteiger charge is -2.07. The highest BCUT2D eigenvalue weighted by atomic mass is 32.2. The third-order valence-corrected chi connectivity index (χ3v) is 4.94. The average Bonchev–Trinajstić information content (AvgIpc) is 2.75. The van der Waals surface area contributed by atoms with E-state index in [-0.39, 0.29) is 10.8 Å². The monoisotopic (exact) mass is 311 g/mol. The number of aromatic nitrogens is 1. The number of hydrogen-bond acceptors (Lipinski definition) is 5. The van der Waals surface area contributed by atoms with Gasteiger partial charge in [0.1, 0.15) is 0 Å². The maximum Gasteiger partial charge on any atom is 0.263 e. The first-order valence-electron chi connectivity index (χ1n) is 6.13. The maximum absolute atomic E-state index is 12.3. The van der Waals surface area contributed by atoms with Crippen molar-refractivity contribution in [1.29, 1.82) is 0 Å². The fraction of sp³-hybridized carbons (Fsp3) is 0.308. The topological polar surface area (TPSA) is 85.1 Å². The Balaban J connectivity index is 2.30. The molecule has 0 aliphatic rings. The molecule has 0 unspecified atom stereocenters. The van der Waals surface area contributed by atoms with Crippen LogP contribution in [0, 0.1) is 6.92 Å². The number of rotatable bonds is 4. The summed E-state index contributed by atoms with van der Waals surface area (Å²) in [6.07, 6.45) is 0. The number of nitrogens with zero attached hydrogens (tertiary/aromatic N) is 1. The molecule has 0 saturated heterocycles. The quantitative estimate of drug-likeness (QED) is 0.850. The van der Waals surface area contributed by atoms with E-state index in [2.05, 4.69) is 9.71 Å². The van der Waals surface area contributed by atoms with Crippen LogP contribution in [-0.2, 0) is 10.0 Å². The van der Waals surface area contributed by atoms with Crippen LogP contribution in [0.2, 0.25) is 0 Å². The van der Waals surface area contributed by atoms with Crippen molar-refractivity contribution in [1.82, 2.24) is 4.98 Å². The van der Waals surface area contributed by atoms with Crippen LogP contribution >= 0.6 is 11.3 Å². The van der Waals surface area contributed by atoms with E-state index < -0.39 is 10.0 Å². The normalized spacial score (nSPS) is 11.8. The molecule has 1 aromatic carbocycles. The summed E-state index contributed by atoms with van der Waals surface area (Å²) in [5, 5.41) is 2.22. The molecule has 0 fully saturated rings. The molecule has 3 N–H and O–H groups in total. The highest BCUT2D eigenvalue weighted by molar-refractivity contribution is 7.93. The fourth-order valence-corrected chi connectivity index (χ4v) is 3.97.